The molecule has 0 saturated heterocycles. The van der Waals surface area contributed by atoms with Crippen molar-refractivity contribution in [3.05, 3.63) is 0 Å². The molecule has 0 unspecified atom stereocenters. The smallest absolute Gasteiger partial charge is 0.166 e. The summed E-state index contributed by atoms with van der Waals surface area (Å²) in [7, 11) is 5.82. The van der Waals surface area contributed by atoms with Crippen molar-refractivity contribution in [3.8, 4) is 0 Å². The molecule has 3 radical (unpaired) electrons. The summed E-state index contributed by atoms with van der Waals surface area (Å²) < 4.78 is 0. The Balaban J connectivity index is 1.97. The second-order valence-corrected chi connectivity index (χ2v) is 0.333. The first-order chi connectivity index (χ1) is 1.91. The molecular formula is H3B2N2. The Hall–Kier alpha value is 0.0499. The van der Waals surface area contributed by atoms with Crippen molar-refractivity contribution in [2.24, 2.45) is 5.84 Å². The maximum absolute atomic E-state index is 4.67. The van der Waals surface area contributed by atoms with Crippen LogP contribution in [0.25, 0.3) is 0 Å². The van der Waals surface area contributed by atoms with Crippen molar-refractivity contribution >= 4 is 15.0 Å². The molecule has 19 valence electrons. The van der Waals surface area contributed by atoms with E-state index in [0.717, 1.165) is 7.31 Å². The number of hydrogen-bond acceptors (Lipinski definition) is 2. The number of rotatable bonds is 1. The predicted molar refractivity (Wildman–Crippen MR) is 18.8 cm³/mol. The standard InChI is InChI=1S/B2H3N2/c1-2-4-3/h4H,3H2. The van der Waals surface area contributed by atoms with Crippen molar-refractivity contribution in [3.63, 3.8) is 0 Å². The Morgan fingerprint density at radius 1 is 2.00 bits per heavy atom. The fraction of sp³-hybridized carbons (Fsp3) is 0. The lowest BCUT2D eigenvalue weighted by atomic mass is 9.68. The molecule has 0 aliphatic heterocycles. The van der Waals surface area contributed by atoms with Crippen LogP contribution in [0.3, 0.4) is 0 Å². The number of hydrazine groups is 1. The Morgan fingerprint density at radius 3 is 2.25 bits per heavy atom. The molecule has 4 heteroatoms. The molecule has 0 aromatic rings. The van der Waals surface area contributed by atoms with Gasteiger partial charge in [-0.25, -0.2) is 0 Å². The van der Waals surface area contributed by atoms with Crippen molar-refractivity contribution < 1.29 is 0 Å². The summed E-state index contributed by atoms with van der Waals surface area (Å²) in [6.45, 7) is 0. The van der Waals surface area contributed by atoms with Crippen LogP contribution in [0, 0.1) is 0 Å². The third-order valence-corrected chi connectivity index (χ3v) is 0.0962. The second-order valence-electron chi connectivity index (χ2n) is 0.333. The summed E-state index contributed by atoms with van der Waals surface area (Å²) in [6, 6.07) is 0. The number of nitrogens with one attached hydrogen (secondary N) is 1. The van der Waals surface area contributed by atoms with Crippen molar-refractivity contribution in [2.45, 2.75) is 0 Å². The molecule has 0 aromatic carbocycles. The first kappa shape index (κ1) is 4.05. The maximum Gasteiger partial charge on any atom is 0.166 e. The van der Waals surface area contributed by atoms with Crippen LogP contribution >= 0.6 is 0 Å². The Labute approximate surface area is 27.4 Å². The molecule has 0 saturated carbocycles. The normalized spacial score (nSPS) is 6.25. The van der Waals surface area contributed by atoms with E-state index in [1.54, 1.807) is 0 Å². The van der Waals surface area contributed by atoms with E-state index in [1.165, 1.54) is 0 Å². The molecule has 0 rings (SSSR count). The van der Waals surface area contributed by atoms with Gasteiger partial charge in [-0.2, -0.15) is 0 Å². The summed E-state index contributed by atoms with van der Waals surface area (Å²) in [5.74, 6) is 4.60. The van der Waals surface area contributed by atoms with Gasteiger partial charge in [0.25, 0.3) is 0 Å². The quantitative estimate of drug-likeness (QED) is 0.209. The van der Waals surface area contributed by atoms with Crippen LogP contribution < -0.4 is 11.2 Å². The van der Waals surface area contributed by atoms with Gasteiger partial charge in [0.15, 0.2) is 7.31 Å². The zero-order valence-corrected chi connectivity index (χ0v) is 2.23. The lowest BCUT2D eigenvalue weighted by Crippen LogP contribution is -2.26. The number of hydrogen-bond donors (Lipinski definition) is 2. The minimum Gasteiger partial charge on any atom is -0.316 e. The molecular weight excluding hydrogens is 49.6 g/mol. The van der Waals surface area contributed by atoms with E-state index in [1.807, 2.05) is 0 Å². The van der Waals surface area contributed by atoms with E-state index in [9.17, 15) is 0 Å². The second kappa shape index (κ2) is 3.05. The minimum atomic E-state index is 1.15. The van der Waals surface area contributed by atoms with Gasteiger partial charge in [0, 0.05) is 7.74 Å². The highest BCUT2D eigenvalue weighted by molar-refractivity contribution is 6.87. The van der Waals surface area contributed by atoms with Crippen molar-refractivity contribution in [2.75, 3.05) is 0 Å². The van der Waals surface area contributed by atoms with E-state index >= 15 is 0 Å². The van der Waals surface area contributed by atoms with Crippen LogP contribution in [0.15, 0.2) is 0 Å². The summed E-state index contributed by atoms with van der Waals surface area (Å²) in [5.41, 5.74) is 0. The van der Waals surface area contributed by atoms with Crippen LogP contribution in [0.5, 0.6) is 0 Å². The van der Waals surface area contributed by atoms with E-state index in [0.29, 0.717) is 0 Å². The van der Waals surface area contributed by atoms with E-state index in [2.05, 4.69) is 18.9 Å². The van der Waals surface area contributed by atoms with Crippen LogP contribution in [0.2, 0.25) is 0 Å². The van der Waals surface area contributed by atoms with Gasteiger partial charge in [-0.15, -0.1) is 0 Å². The minimum absolute atomic E-state index is 1.15. The summed E-state index contributed by atoms with van der Waals surface area (Å²) in [6.07, 6.45) is 0. The van der Waals surface area contributed by atoms with Crippen LogP contribution in [0.1, 0.15) is 0 Å². The summed E-state index contributed by atoms with van der Waals surface area (Å²) in [4.78, 5) is 0. The Morgan fingerprint density at radius 2 is 2.25 bits per heavy atom. The Bertz CT molecular complexity index is 6.00. The van der Waals surface area contributed by atoms with Crippen molar-refractivity contribution in [1.29, 1.82) is 0 Å². The van der Waals surface area contributed by atoms with Crippen molar-refractivity contribution in [1.82, 2.24) is 5.34 Å². The molecule has 3 N–H and O–H groups in total. The fourth-order valence-electron chi connectivity index (χ4n) is 0. The average molecular weight is 52.7 g/mol. The molecule has 0 bridgehead atoms. The highest BCUT2D eigenvalue weighted by atomic mass is 15.1. The highest BCUT2D eigenvalue weighted by Gasteiger charge is 1.57. The van der Waals surface area contributed by atoms with Crippen LogP contribution in [-0.2, 0) is 0 Å². The monoisotopic (exact) mass is 53.0 g/mol. The molecule has 0 spiro atoms. The molecule has 0 heterocycles. The van der Waals surface area contributed by atoms with Gasteiger partial charge in [0.05, 0.1) is 0 Å². The number of nitrogens with two attached hydrogens (primary N) is 1. The third kappa shape index (κ3) is 2.05. The topological polar surface area (TPSA) is 38.0 Å². The fourth-order valence-corrected chi connectivity index (χ4v) is 0. The largest absolute Gasteiger partial charge is 0.316 e. The van der Waals surface area contributed by atoms with Gasteiger partial charge < -0.3 is 5.34 Å². The third-order valence-electron chi connectivity index (χ3n) is 0.0962. The zero-order valence-electron chi connectivity index (χ0n) is 2.23. The van der Waals surface area contributed by atoms with Gasteiger partial charge in [0.2, 0.25) is 0 Å². The molecule has 0 aromatic heterocycles. The molecule has 0 aliphatic carbocycles. The molecule has 0 fully saturated rings. The van der Waals surface area contributed by atoms with E-state index in [-0.39, 0.29) is 0 Å². The summed E-state index contributed by atoms with van der Waals surface area (Å²) >= 11 is 0. The van der Waals surface area contributed by atoms with Gasteiger partial charge in [-0.3, -0.25) is 5.84 Å². The lowest BCUT2D eigenvalue weighted by Gasteiger charge is -1.74. The molecule has 0 atom stereocenters. The SMILES string of the molecule is [B][B]NN. The van der Waals surface area contributed by atoms with Gasteiger partial charge >= 0.3 is 0 Å². The van der Waals surface area contributed by atoms with Crippen LogP contribution in [-0.4, -0.2) is 15.0 Å². The maximum atomic E-state index is 4.67. The highest BCUT2D eigenvalue weighted by Crippen LogP contribution is 1.07. The van der Waals surface area contributed by atoms with E-state index < -0.39 is 0 Å². The molecule has 0 aliphatic rings. The van der Waals surface area contributed by atoms with E-state index in [4.69, 9.17) is 0 Å². The van der Waals surface area contributed by atoms with Gasteiger partial charge in [0.1, 0.15) is 0 Å². The first-order valence-corrected chi connectivity index (χ1v) is 0.911. The molecule has 2 nitrogen and oxygen atoms in total. The first-order valence-electron chi connectivity index (χ1n) is 0.911. The lowest BCUT2D eigenvalue weighted by molar-refractivity contribution is 1.09. The Kier molecular flexibility index (Phi) is 3.09. The molecule has 4 heavy (non-hydrogen) atoms. The van der Waals surface area contributed by atoms with Gasteiger partial charge in [-0.1, -0.05) is 0 Å². The predicted octanol–water partition coefficient (Wildman–Crippen LogP) is -1.85. The average Bonchev–Trinajstić information content (AvgIpc) is 1.37. The zero-order chi connectivity index (χ0) is 3.41. The summed E-state index contributed by atoms with van der Waals surface area (Å²) in [5, 5.41) is 2.08. The van der Waals surface area contributed by atoms with Crippen LogP contribution in [0.4, 0.5) is 0 Å². The molecule has 0 amide bonds. The van der Waals surface area contributed by atoms with Gasteiger partial charge in [-0.05, 0) is 0 Å².